The molecule has 1 heterocycles. The molecule has 17 heavy (non-hydrogen) atoms. The first-order chi connectivity index (χ1) is 8.26. The Morgan fingerprint density at radius 3 is 2.71 bits per heavy atom. The molecule has 0 atom stereocenters. The molecule has 0 radical (unpaired) electrons. The fraction of sp³-hybridized carbons (Fsp3) is 0.154. The fourth-order valence-corrected chi connectivity index (χ4v) is 1.64. The topological polar surface area (TPSA) is 65.4 Å². The summed E-state index contributed by atoms with van der Waals surface area (Å²) >= 11 is 0. The molecule has 0 fully saturated rings. The Kier molecular flexibility index (Phi) is 2.89. The van der Waals surface area contributed by atoms with Crippen LogP contribution >= 0.6 is 0 Å². The van der Waals surface area contributed by atoms with Crippen LogP contribution in [0.2, 0.25) is 0 Å². The van der Waals surface area contributed by atoms with Gasteiger partial charge >= 0.3 is 0 Å². The lowest BCUT2D eigenvalue weighted by Crippen LogP contribution is -1.95. The molecule has 0 aliphatic heterocycles. The molecular weight excluding hydrogens is 212 g/mol. The van der Waals surface area contributed by atoms with Crippen LogP contribution < -0.4 is 0 Å². The maximum Gasteiger partial charge on any atom is 0.177 e. The molecule has 2 rings (SSSR count). The number of aromatic nitrogens is 2. The molecule has 1 aliphatic rings. The Hall–Kier alpha value is -2.59. The molecule has 1 aliphatic carbocycles. The van der Waals surface area contributed by atoms with Gasteiger partial charge in [0.15, 0.2) is 11.4 Å². The lowest BCUT2D eigenvalue weighted by atomic mass is 10.2. The van der Waals surface area contributed by atoms with Gasteiger partial charge in [-0.05, 0) is 18.1 Å². The summed E-state index contributed by atoms with van der Waals surface area (Å²) in [6.45, 7) is 0. The summed E-state index contributed by atoms with van der Waals surface area (Å²) in [6, 6.07) is 3.90. The summed E-state index contributed by atoms with van der Waals surface area (Å²) in [5.74, 6) is 0.617. The highest BCUT2D eigenvalue weighted by molar-refractivity contribution is 5.52. The van der Waals surface area contributed by atoms with Crippen LogP contribution in [0.15, 0.2) is 29.9 Å². The smallest absolute Gasteiger partial charge is 0.177 e. The predicted molar refractivity (Wildman–Crippen MR) is 63.5 cm³/mol. The van der Waals surface area contributed by atoms with Crippen molar-refractivity contribution in [3.63, 3.8) is 0 Å². The van der Waals surface area contributed by atoms with E-state index in [9.17, 15) is 0 Å². The number of rotatable bonds is 2. The zero-order valence-electron chi connectivity index (χ0n) is 9.38. The second-order valence-electron chi connectivity index (χ2n) is 3.66. The van der Waals surface area contributed by atoms with Crippen molar-refractivity contribution in [2.45, 2.75) is 6.42 Å². The number of hydrogen-bond donors (Lipinski definition) is 0. The minimum atomic E-state index is 0.174. The molecule has 82 valence electrons. The minimum Gasteiger partial charge on any atom is -0.318 e. The van der Waals surface area contributed by atoms with Crippen LogP contribution in [-0.2, 0) is 7.05 Å². The van der Waals surface area contributed by atoms with E-state index in [2.05, 4.69) is 11.1 Å². The van der Waals surface area contributed by atoms with E-state index >= 15 is 0 Å². The summed E-state index contributed by atoms with van der Waals surface area (Å²) < 4.78 is 1.62. The molecule has 0 bridgehead atoms. The standard InChI is InChI=1S/C13H10N4/c1-17-12(9-15)11(8-14)16-13(17)7-6-10-4-2-3-5-10/h2-4,6-7H,5H2,1H3/b7-6+. The van der Waals surface area contributed by atoms with Gasteiger partial charge in [-0.25, -0.2) is 4.98 Å². The van der Waals surface area contributed by atoms with Gasteiger partial charge in [0.05, 0.1) is 0 Å². The van der Waals surface area contributed by atoms with Crippen molar-refractivity contribution >= 4 is 6.08 Å². The van der Waals surface area contributed by atoms with Gasteiger partial charge < -0.3 is 4.57 Å². The van der Waals surface area contributed by atoms with E-state index in [1.807, 2.05) is 36.4 Å². The van der Waals surface area contributed by atoms with Crippen molar-refractivity contribution in [3.8, 4) is 12.1 Å². The molecular formula is C13H10N4. The van der Waals surface area contributed by atoms with E-state index in [1.54, 1.807) is 11.6 Å². The van der Waals surface area contributed by atoms with Crippen molar-refractivity contribution < 1.29 is 0 Å². The lowest BCUT2D eigenvalue weighted by molar-refractivity contribution is 0.881. The van der Waals surface area contributed by atoms with Gasteiger partial charge in [-0.15, -0.1) is 0 Å². The Morgan fingerprint density at radius 2 is 2.18 bits per heavy atom. The lowest BCUT2D eigenvalue weighted by Gasteiger charge is -1.96. The molecule has 0 spiro atoms. The van der Waals surface area contributed by atoms with Crippen molar-refractivity contribution in [2.75, 3.05) is 0 Å². The summed E-state index contributed by atoms with van der Waals surface area (Å²) in [5.41, 5.74) is 1.66. The van der Waals surface area contributed by atoms with Gasteiger partial charge in [0.1, 0.15) is 18.0 Å². The summed E-state index contributed by atoms with van der Waals surface area (Å²) in [5, 5.41) is 17.8. The Bertz CT molecular complexity index is 615. The maximum absolute atomic E-state index is 8.92. The van der Waals surface area contributed by atoms with Crippen LogP contribution in [0.5, 0.6) is 0 Å². The van der Waals surface area contributed by atoms with Crippen molar-refractivity contribution in [1.82, 2.24) is 9.55 Å². The van der Waals surface area contributed by atoms with E-state index in [0.717, 1.165) is 6.42 Å². The second-order valence-corrected chi connectivity index (χ2v) is 3.66. The number of imidazole rings is 1. The Balaban J connectivity index is 2.32. The summed E-state index contributed by atoms with van der Waals surface area (Å²) in [6.07, 6.45) is 10.8. The van der Waals surface area contributed by atoms with Crippen LogP contribution in [0, 0.1) is 22.7 Å². The number of hydrogen-bond acceptors (Lipinski definition) is 3. The molecule has 0 unspecified atom stereocenters. The molecule has 0 N–H and O–H groups in total. The van der Waals surface area contributed by atoms with Gasteiger partial charge in [0, 0.05) is 7.05 Å². The molecule has 0 saturated heterocycles. The Morgan fingerprint density at radius 1 is 1.35 bits per heavy atom. The first kappa shape index (κ1) is 10.9. The molecule has 0 amide bonds. The third-order valence-electron chi connectivity index (χ3n) is 2.59. The van der Waals surface area contributed by atoms with Crippen molar-refractivity contribution in [2.24, 2.45) is 7.05 Å². The van der Waals surface area contributed by atoms with Gasteiger partial charge in [-0.3, -0.25) is 0 Å². The van der Waals surface area contributed by atoms with Gasteiger partial charge in [-0.1, -0.05) is 24.3 Å². The van der Waals surface area contributed by atoms with Crippen LogP contribution in [0.3, 0.4) is 0 Å². The quantitative estimate of drug-likeness (QED) is 0.769. The normalized spacial score (nSPS) is 13.7. The largest absolute Gasteiger partial charge is 0.318 e. The molecule has 4 nitrogen and oxygen atoms in total. The van der Waals surface area contributed by atoms with Crippen LogP contribution in [0.4, 0.5) is 0 Å². The minimum absolute atomic E-state index is 0.174. The highest BCUT2D eigenvalue weighted by atomic mass is 15.1. The monoisotopic (exact) mass is 222 g/mol. The summed E-state index contributed by atoms with van der Waals surface area (Å²) in [7, 11) is 1.73. The first-order valence-electron chi connectivity index (χ1n) is 5.17. The highest BCUT2D eigenvalue weighted by Crippen LogP contribution is 2.15. The SMILES string of the molecule is Cn1c(/C=C/C2=CC=CC2)nc(C#N)c1C#N. The maximum atomic E-state index is 8.92. The van der Waals surface area contributed by atoms with E-state index in [0.29, 0.717) is 11.5 Å². The molecule has 1 aromatic rings. The average Bonchev–Trinajstić information content (AvgIpc) is 2.94. The third-order valence-corrected chi connectivity index (χ3v) is 2.59. The predicted octanol–water partition coefficient (Wildman–Crippen LogP) is 2.06. The van der Waals surface area contributed by atoms with Crippen molar-refractivity contribution in [1.29, 1.82) is 10.5 Å². The molecule has 0 aromatic carbocycles. The van der Waals surface area contributed by atoms with Gasteiger partial charge in [-0.2, -0.15) is 10.5 Å². The number of nitrogens with zero attached hydrogens (tertiary/aromatic N) is 4. The van der Waals surface area contributed by atoms with Crippen LogP contribution in [0.1, 0.15) is 23.6 Å². The zero-order valence-corrected chi connectivity index (χ0v) is 9.38. The number of allylic oxidation sites excluding steroid dienone is 5. The zero-order chi connectivity index (χ0) is 12.3. The van der Waals surface area contributed by atoms with Crippen molar-refractivity contribution in [3.05, 3.63) is 47.1 Å². The van der Waals surface area contributed by atoms with E-state index in [1.165, 1.54) is 5.57 Å². The number of nitriles is 2. The molecule has 4 heteroatoms. The molecule has 0 saturated carbocycles. The van der Waals surface area contributed by atoms with E-state index in [4.69, 9.17) is 10.5 Å². The van der Waals surface area contributed by atoms with E-state index < -0.39 is 0 Å². The third kappa shape index (κ3) is 2.02. The van der Waals surface area contributed by atoms with Gasteiger partial charge in [0.25, 0.3) is 0 Å². The molecule has 1 aromatic heterocycles. The first-order valence-corrected chi connectivity index (χ1v) is 5.17. The summed E-state index contributed by atoms with van der Waals surface area (Å²) in [4.78, 5) is 4.10. The fourth-order valence-electron chi connectivity index (χ4n) is 1.64. The Labute approximate surface area is 99.4 Å². The van der Waals surface area contributed by atoms with Crippen LogP contribution in [0.25, 0.3) is 6.08 Å². The van der Waals surface area contributed by atoms with Crippen LogP contribution in [-0.4, -0.2) is 9.55 Å². The van der Waals surface area contributed by atoms with Gasteiger partial charge in [0.2, 0.25) is 0 Å². The average molecular weight is 222 g/mol. The van der Waals surface area contributed by atoms with E-state index in [-0.39, 0.29) is 5.69 Å². The second kappa shape index (κ2) is 4.51. The highest BCUT2D eigenvalue weighted by Gasteiger charge is 2.11.